The number of ether oxygens (including phenoxy) is 3. The SMILES string of the molecule is COC(=O)c1cc(Cl)n(-c2c(Cl)cnn2C)c1.COC(=O)c1cc(Cl)n(-c2c(Cl)cnn2C)c1Cl.COC(=O)c1cc(Cl)n(-c2ccnn2C)c1Cl. The quantitative estimate of drug-likeness (QED) is 0.122. The highest BCUT2D eigenvalue weighted by atomic mass is 35.5. The second-order valence-corrected chi connectivity index (χ2v) is 12.8. The van der Waals surface area contributed by atoms with Gasteiger partial charge in [-0.1, -0.05) is 81.2 Å². The van der Waals surface area contributed by atoms with Gasteiger partial charge in [0.2, 0.25) is 0 Å². The predicted molar refractivity (Wildman–Crippen MR) is 197 cm³/mol. The van der Waals surface area contributed by atoms with E-state index in [1.54, 1.807) is 53.5 Å². The van der Waals surface area contributed by atoms with E-state index in [0.717, 1.165) is 0 Å². The molecule has 6 rings (SSSR count). The van der Waals surface area contributed by atoms with Crippen LogP contribution in [0.4, 0.5) is 0 Å². The Morgan fingerprint density at radius 3 is 1.52 bits per heavy atom. The van der Waals surface area contributed by atoms with Crippen molar-refractivity contribution >= 4 is 99.1 Å². The minimum absolute atomic E-state index is 0.123. The average Bonchev–Trinajstić information content (AvgIpc) is 3.96. The van der Waals surface area contributed by atoms with Gasteiger partial charge in [0.15, 0.2) is 11.6 Å². The van der Waals surface area contributed by atoms with Crippen LogP contribution in [-0.2, 0) is 35.4 Å². The monoisotopic (exact) mass is 853 g/mol. The molecule has 15 nitrogen and oxygen atoms in total. The summed E-state index contributed by atoms with van der Waals surface area (Å²) in [4.78, 5) is 34.3. The normalized spacial score (nSPS) is 10.6. The number of rotatable bonds is 6. The third-order valence-electron chi connectivity index (χ3n) is 6.99. The summed E-state index contributed by atoms with van der Waals surface area (Å²) in [7, 11) is 9.03. The number of methoxy groups -OCH3 is 3. The standard InChI is InChI=1S/C10H8Cl3N3O2.2C10H9Cl2N3O2/c1-15-9(6(11)4-14-15)16-7(12)3-5(8(16)13)10(17)18-2;1-14-9(7(11)4-13-14)15-5-6(3-8(15)12)10(16)17-2;1-14-8(3-4-13-14)15-7(11)5-6(9(15)12)10(16)17-2/h3-4H,1-2H3;2*3-5H,1-2H3. The lowest BCUT2D eigenvalue weighted by Gasteiger charge is -2.08. The Morgan fingerprint density at radius 1 is 0.596 bits per heavy atom. The molecular weight excluding hydrogens is 831 g/mol. The molecule has 22 heteroatoms. The van der Waals surface area contributed by atoms with Crippen molar-refractivity contribution in [2.45, 2.75) is 0 Å². The van der Waals surface area contributed by atoms with Gasteiger partial charge in [-0.2, -0.15) is 15.3 Å². The van der Waals surface area contributed by atoms with Crippen molar-refractivity contribution in [2.24, 2.45) is 21.1 Å². The third kappa shape index (κ3) is 8.26. The number of esters is 3. The summed E-state index contributed by atoms with van der Waals surface area (Å²) in [6, 6.07) is 6.12. The molecule has 0 saturated carbocycles. The van der Waals surface area contributed by atoms with Crippen molar-refractivity contribution in [1.29, 1.82) is 0 Å². The minimum atomic E-state index is -0.570. The van der Waals surface area contributed by atoms with Crippen LogP contribution < -0.4 is 0 Å². The number of aromatic nitrogens is 9. The highest BCUT2D eigenvalue weighted by Crippen LogP contribution is 2.33. The van der Waals surface area contributed by atoms with Gasteiger partial charge in [-0.15, -0.1) is 0 Å². The van der Waals surface area contributed by atoms with Crippen LogP contribution in [0, 0.1) is 0 Å². The first-order valence-electron chi connectivity index (χ1n) is 14.2. The number of hydrogen-bond acceptors (Lipinski definition) is 9. The summed E-state index contributed by atoms with van der Waals surface area (Å²) < 4.78 is 23.0. The van der Waals surface area contributed by atoms with Gasteiger partial charge in [0, 0.05) is 33.4 Å². The summed E-state index contributed by atoms with van der Waals surface area (Å²) in [5, 5.41) is 14.0. The van der Waals surface area contributed by atoms with E-state index in [1.165, 1.54) is 65.7 Å². The van der Waals surface area contributed by atoms with Crippen molar-refractivity contribution in [1.82, 2.24) is 43.0 Å². The van der Waals surface area contributed by atoms with E-state index in [-0.39, 0.29) is 26.6 Å². The van der Waals surface area contributed by atoms with Crippen LogP contribution >= 0.6 is 81.2 Å². The molecule has 0 aliphatic carbocycles. The minimum Gasteiger partial charge on any atom is -0.465 e. The molecule has 6 aromatic rings. The molecule has 0 aliphatic rings. The molecular formula is C30H26Cl7N9O6. The van der Waals surface area contributed by atoms with Gasteiger partial charge in [-0.3, -0.25) is 27.7 Å². The lowest BCUT2D eigenvalue weighted by Crippen LogP contribution is -2.05. The van der Waals surface area contributed by atoms with Crippen molar-refractivity contribution in [3.63, 3.8) is 0 Å². The number of hydrogen-bond donors (Lipinski definition) is 0. The molecule has 0 saturated heterocycles. The van der Waals surface area contributed by atoms with Gasteiger partial charge < -0.3 is 14.2 Å². The largest absolute Gasteiger partial charge is 0.465 e. The second-order valence-electron chi connectivity index (χ2n) is 10.1. The van der Waals surface area contributed by atoms with Gasteiger partial charge in [0.05, 0.1) is 56.6 Å². The van der Waals surface area contributed by atoms with Crippen LogP contribution in [0.1, 0.15) is 31.1 Å². The lowest BCUT2D eigenvalue weighted by atomic mass is 10.3. The molecule has 0 fully saturated rings. The van der Waals surface area contributed by atoms with Crippen LogP contribution in [0.3, 0.4) is 0 Å². The molecule has 0 N–H and O–H groups in total. The zero-order valence-corrected chi connectivity index (χ0v) is 33.0. The molecule has 52 heavy (non-hydrogen) atoms. The average molecular weight is 857 g/mol. The van der Waals surface area contributed by atoms with Gasteiger partial charge in [-0.05, 0) is 18.2 Å². The summed E-state index contributed by atoms with van der Waals surface area (Å²) in [5.74, 6) is 0.171. The van der Waals surface area contributed by atoms with Crippen molar-refractivity contribution in [3.8, 4) is 17.5 Å². The van der Waals surface area contributed by atoms with Crippen molar-refractivity contribution in [2.75, 3.05) is 21.3 Å². The molecule has 0 radical (unpaired) electrons. The van der Waals surface area contributed by atoms with E-state index in [2.05, 4.69) is 29.5 Å². The summed E-state index contributed by atoms with van der Waals surface area (Å²) >= 11 is 42.4. The number of nitrogens with zero attached hydrogens (tertiary/aromatic N) is 9. The highest BCUT2D eigenvalue weighted by Gasteiger charge is 2.24. The Morgan fingerprint density at radius 2 is 1.08 bits per heavy atom. The number of halogens is 7. The summed E-state index contributed by atoms with van der Waals surface area (Å²) in [6.45, 7) is 0. The fourth-order valence-electron chi connectivity index (χ4n) is 4.57. The molecule has 0 aliphatic heterocycles. The van der Waals surface area contributed by atoms with E-state index in [0.29, 0.717) is 43.4 Å². The molecule has 0 aromatic carbocycles. The summed E-state index contributed by atoms with van der Waals surface area (Å²) in [5.41, 5.74) is 0.747. The van der Waals surface area contributed by atoms with Crippen molar-refractivity contribution in [3.05, 3.63) is 102 Å². The third-order valence-corrected chi connectivity index (χ3v) is 9.11. The molecule has 0 amide bonds. The molecule has 276 valence electrons. The zero-order chi connectivity index (χ0) is 38.6. The van der Waals surface area contributed by atoms with Gasteiger partial charge in [-0.25, -0.2) is 14.4 Å². The smallest absolute Gasteiger partial charge is 0.341 e. The maximum absolute atomic E-state index is 11.5. The molecule has 0 spiro atoms. The highest BCUT2D eigenvalue weighted by molar-refractivity contribution is 6.38. The molecule has 6 aromatic heterocycles. The first-order valence-corrected chi connectivity index (χ1v) is 16.8. The van der Waals surface area contributed by atoms with Crippen LogP contribution in [0.5, 0.6) is 0 Å². The number of carbonyl (C=O) groups excluding carboxylic acids is 3. The van der Waals surface area contributed by atoms with Crippen LogP contribution in [0.2, 0.25) is 35.8 Å². The van der Waals surface area contributed by atoms with Crippen LogP contribution in [-0.4, -0.2) is 82.3 Å². The van der Waals surface area contributed by atoms with E-state index in [1.807, 2.05) is 0 Å². The Kier molecular flexibility index (Phi) is 13.4. The predicted octanol–water partition coefficient (Wildman–Crippen LogP) is 7.57. The number of carbonyl (C=O) groups is 3. The summed E-state index contributed by atoms with van der Waals surface area (Å²) in [6.07, 6.45) is 6.13. The van der Waals surface area contributed by atoms with Crippen LogP contribution in [0.15, 0.2) is 49.1 Å². The van der Waals surface area contributed by atoms with Gasteiger partial charge in [0.25, 0.3) is 0 Å². The maximum atomic E-state index is 11.5. The first kappa shape index (κ1) is 40.7. The zero-order valence-electron chi connectivity index (χ0n) is 27.7. The van der Waals surface area contributed by atoms with Crippen molar-refractivity contribution < 1.29 is 28.6 Å². The Hall–Kier alpha value is -4.09. The Labute approximate surface area is 330 Å². The molecule has 0 atom stereocenters. The number of aryl methyl sites for hydroxylation is 3. The Bertz CT molecular complexity index is 2220. The molecule has 6 heterocycles. The fourth-order valence-corrected chi connectivity index (χ4v) is 6.58. The lowest BCUT2D eigenvalue weighted by molar-refractivity contribution is 0.0592. The van der Waals surface area contributed by atoms with E-state index in [9.17, 15) is 14.4 Å². The van der Waals surface area contributed by atoms with Crippen LogP contribution in [0.25, 0.3) is 17.5 Å². The van der Waals surface area contributed by atoms with E-state index >= 15 is 0 Å². The second kappa shape index (κ2) is 17.2. The van der Waals surface area contributed by atoms with Gasteiger partial charge in [0.1, 0.15) is 41.6 Å². The molecule has 0 unspecified atom stereocenters. The first-order chi connectivity index (χ1) is 24.6. The molecule has 0 bridgehead atoms. The van der Waals surface area contributed by atoms with E-state index in [4.69, 9.17) is 81.2 Å². The van der Waals surface area contributed by atoms with Gasteiger partial charge >= 0.3 is 17.9 Å². The van der Waals surface area contributed by atoms with E-state index < -0.39 is 17.9 Å². The topological polar surface area (TPSA) is 147 Å². The maximum Gasteiger partial charge on any atom is 0.341 e. The fraction of sp³-hybridized carbons (Fsp3) is 0.200. The Balaban J connectivity index is 0.000000175.